The summed E-state index contributed by atoms with van der Waals surface area (Å²) in [5.41, 5.74) is 1.37. The number of amides is 1. The second-order valence-corrected chi connectivity index (χ2v) is 6.77. The lowest BCUT2D eigenvalue weighted by Gasteiger charge is -2.08. The minimum atomic E-state index is -1.02. The first kappa shape index (κ1) is 15.9. The van der Waals surface area contributed by atoms with Gasteiger partial charge in [-0.1, -0.05) is 0 Å². The van der Waals surface area contributed by atoms with Gasteiger partial charge in [0.25, 0.3) is 5.91 Å². The minimum Gasteiger partial charge on any atom is -0.467 e. The molecular weight excluding hydrogens is 348 g/mol. The van der Waals surface area contributed by atoms with Gasteiger partial charge in [-0.3, -0.25) is 4.79 Å². The van der Waals surface area contributed by atoms with Crippen LogP contribution in [0, 0.1) is 11.6 Å². The Kier molecular flexibility index (Phi) is 4.04. The monoisotopic (exact) mass is 361 g/mol. The number of anilines is 1. The molecule has 1 N–H and O–H groups in total. The molecule has 2 aromatic heterocycles. The molecule has 0 fully saturated rings. The number of rotatable bonds is 4. The maximum Gasteiger partial charge on any atom is 0.262 e. The molecule has 0 radical (unpaired) electrons. The zero-order chi connectivity index (χ0) is 17.4. The molecule has 8 heteroatoms. The summed E-state index contributed by atoms with van der Waals surface area (Å²) in [5, 5.41) is 3.34. The molecule has 0 saturated carbocycles. The van der Waals surface area contributed by atoms with E-state index in [9.17, 15) is 13.6 Å². The molecule has 1 amide bonds. The third-order valence-corrected chi connectivity index (χ3v) is 5.21. The molecule has 128 valence electrons. The van der Waals surface area contributed by atoms with Gasteiger partial charge in [-0.25, -0.2) is 18.7 Å². The number of nitrogens with one attached hydrogen (secondary N) is 1. The Balaban J connectivity index is 1.48. The summed E-state index contributed by atoms with van der Waals surface area (Å²) in [4.78, 5) is 22.6. The molecule has 0 spiro atoms. The van der Waals surface area contributed by atoms with E-state index in [1.54, 1.807) is 11.3 Å². The van der Waals surface area contributed by atoms with E-state index < -0.39 is 17.5 Å². The molecular formula is C17H13F2N3O2S. The quantitative estimate of drug-likeness (QED) is 0.773. The van der Waals surface area contributed by atoms with Crippen LogP contribution in [-0.2, 0) is 17.6 Å². The zero-order valence-corrected chi connectivity index (χ0v) is 13.8. The predicted octanol–water partition coefficient (Wildman–Crippen LogP) is 3.48. The molecule has 2 heterocycles. The van der Waals surface area contributed by atoms with Crippen LogP contribution in [0.4, 0.5) is 14.5 Å². The molecule has 0 aliphatic heterocycles. The molecule has 1 aromatic carbocycles. The molecule has 1 aliphatic carbocycles. The van der Waals surface area contributed by atoms with Gasteiger partial charge in [0.15, 0.2) is 18.2 Å². The summed E-state index contributed by atoms with van der Waals surface area (Å²) in [7, 11) is 0. The fourth-order valence-corrected chi connectivity index (χ4v) is 4.13. The van der Waals surface area contributed by atoms with E-state index in [4.69, 9.17) is 4.74 Å². The van der Waals surface area contributed by atoms with E-state index in [1.165, 1.54) is 22.8 Å². The second-order valence-electron chi connectivity index (χ2n) is 5.68. The Hall–Kier alpha value is -2.61. The lowest BCUT2D eigenvalue weighted by atomic mass is 10.2. The van der Waals surface area contributed by atoms with Gasteiger partial charge in [0.2, 0.25) is 5.88 Å². The number of aromatic nitrogens is 2. The highest BCUT2D eigenvalue weighted by Gasteiger charge is 2.22. The molecule has 0 unspecified atom stereocenters. The number of benzene rings is 1. The average molecular weight is 361 g/mol. The van der Waals surface area contributed by atoms with Gasteiger partial charge in [-0.15, -0.1) is 11.3 Å². The van der Waals surface area contributed by atoms with Crippen LogP contribution in [0.25, 0.3) is 10.2 Å². The Morgan fingerprint density at radius 2 is 2.12 bits per heavy atom. The number of nitrogens with zero attached hydrogens (tertiary/aromatic N) is 2. The Morgan fingerprint density at radius 3 is 2.96 bits per heavy atom. The van der Waals surface area contributed by atoms with Gasteiger partial charge in [-0.2, -0.15) is 0 Å². The molecule has 4 rings (SSSR count). The number of thiophene rings is 1. The number of carbonyl (C=O) groups is 1. The molecule has 5 nitrogen and oxygen atoms in total. The van der Waals surface area contributed by atoms with Crippen LogP contribution in [0.3, 0.4) is 0 Å². The molecule has 1 aliphatic rings. The zero-order valence-electron chi connectivity index (χ0n) is 13.0. The van der Waals surface area contributed by atoms with Crippen LogP contribution in [0.1, 0.15) is 16.9 Å². The van der Waals surface area contributed by atoms with E-state index in [-0.39, 0.29) is 12.3 Å². The van der Waals surface area contributed by atoms with E-state index in [1.807, 2.05) is 0 Å². The Morgan fingerprint density at radius 1 is 1.24 bits per heavy atom. The third kappa shape index (κ3) is 3.05. The number of hydrogen-bond donors (Lipinski definition) is 1. The number of fused-ring (bicyclic) bond motifs is 3. The number of aryl methyl sites for hydroxylation is 2. The van der Waals surface area contributed by atoms with Gasteiger partial charge in [0.1, 0.15) is 11.2 Å². The highest BCUT2D eigenvalue weighted by atomic mass is 32.1. The predicted molar refractivity (Wildman–Crippen MR) is 89.9 cm³/mol. The lowest BCUT2D eigenvalue weighted by Crippen LogP contribution is -2.20. The largest absolute Gasteiger partial charge is 0.467 e. The van der Waals surface area contributed by atoms with Gasteiger partial charge in [0.05, 0.1) is 5.39 Å². The van der Waals surface area contributed by atoms with E-state index >= 15 is 0 Å². The number of carbonyl (C=O) groups excluding carboxylic acids is 1. The van der Waals surface area contributed by atoms with Crippen molar-refractivity contribution in [2.75, 3.05) is 11.9 Å². The highest BCUT2D eigenvalue weighted by Crippen LogP contribution is 2.39. The van der Waals surface area contributed by atoms with Crippen molar-refractivity contribution in [2.45, 2.75) is 19.3 Å². The van der Waals surface area contributed by atoms with Crippen molar-refractivity contribution in [1.29, 1.82) is 0 Å². The van der Waals surface area contributed by atoms with Crippen LogP contribution >= 0.6 is 11.3 Å². The first-order chi connectivity index (χ1) is 12.1. The normalized spacial score (nSPS) is 13.0. The van der Waals surface area contributed by atoms with Gasteiger partial charge in [0, 0.05) is 16.6 Å². The molecule has 0 bridgehead atoms. The van der Waals surface area contributed by atoms with Crippen molar-refractivity contribution in [3.63, 3.8) is 0 Å². The van der Waals surface area contributed by atoms with Crippen LogP contribution in [0.5, 0.6) is 5.88 Å². The summed E-state index contributed by atoms with van der Waals surface area (Å²) in [6.45, 7) is -0.282. The Labute approximate surface area is 145 Å². The Bertz CT molecular complexity index is 974. The van der Waals surface area contributed by atoms with Crippen LogP contribution in [-0.4, -0.2) is 22.5 Å². The lowest BCUT2D eigenvalue weighted by molar-refractivity contribution is -0.118. The van der Waals surface area contributed by atoms with Crippen molar-refractivity contribution >= 4 is 33.1 Å². The van der Waals surface area contributed by atoms with Crippen molar-refractivity contribution in [3.05, 3.63) is 46.6 Å². The summed E-state index contributed by atoms with van der Waals surface area (Å²) in [6, 6.07) is 3.15. The van der Waals surface area contributed by atoms with Crippen molar-refractivity contribution in [1.82, 2.24) is 9.97 Å². The highest BCUT2D eigenvalue weighted by molar-refractivity contribution is 7.18. The molecule has 3 aromatic rings. The van der Waals surface area contributed by atoms with Crippen LogP contribution in [0.2, 0.25) is 0 Å². The van der Waals surface area contributed by atoms with Crippen molar-refractivity contribution < 1.29 is 18.3 Å². The van der Waals surface area contributed by atoms with E-state index in [0.29, 0.717) is 5.88 Å². The first-order valence-electron chi connectivity index (χ1n) is 7.75. The molecule has 0 atom stereocenters. The number of ether oxygens (including phenoxy) is 1. The topological polar surface area (TPSA) is 64.1 Å². The van der Waals surface area contributed by atoms with Crippen molar-refractivity contribution in [2.24, 2.45) is 0 Å². The molecule has 0 saturated heterocycles. The number of hydrogen-bond acceptors (Lipinski definition) is 5. The van der Waals surface area contributed by atoms with E-state index in [0.717, 1.165) is 41.6 Å². The fourth-order valence-electron chi connectivity index (χ4n) is 2.91. The van der Waals surface area contributed by atoms with Crippen LogP contribution < -0.4 is 10.1 Å². The number of halogens is 2. The summed E-state index contributed by atoms with van der Waals surface area (Å²) >= 11 is 1.63. The van der Waals surface area contributed by atoms with Crippen LogP contribution in [0.15, 0.2) is 24.5 Å². The molecule has 25 heavy (non-hydrogen) atoms. The third-order valence-electron chi connectivity index (χ3n) is 4.01. The standard InChI is InChI=1S/C17H13F2N3O2S/c18-11-5-4-9(6-12(11)19)22-14(23)7-24-16-15-10-2-1-3-13(10)25-17(15)21-8-20-16/h4-6,8H,1-3,7H2,(H,22,23). The average Bonchev–Trinajstić information content (AvgIpc) is 3.17. The SMILES string of the molecule is O=C(COc1ncnc2sc3c(c12)CCC3)Nc1ccc(F)c(F)c1. The smallest absolute Gasteiger partial charge is 0.262 e. The fraction of sp³-hybridized carbons (Fsp3) is 0.235. The van der Waals surface area contributed by atoms with E-state index in [2.05, 4.69) is 15.3 Å². The summed E-state index contributed by atoms with van der Waals surface area (Å²) in [6.07, 6.45) is 4.51. The van der Waals surface area contributed by atoms with Crippen molar-refractivity contribution in [3.8, 4) is 5.88 Å². The van der Waals surface area contributed by atoms with Gasteiger partial charge < -0.3 is 10.1 Å². The first-order valence-corrected chi connectivity index (χ1v) is 8.56. The maximum atomic E-state index is 13.2. The summed E-state index contributed by atoms with van der Waals surface area (Å²) < 4.78 is 31.6. The summed E-state index contributed by atoms with van der Waals surface area (Å²) in [5.74, 6) is -2.09. The maximum absolute atomic E-state index is 13.2. The minimum absolute atomic E-state index is 0.164. The van der Waals surface area contributed by atoms with Gasteiger partial charge in [-0.05, 0) is 37.0 Å². The second kappa shape index (κ2) is 6.36. The van der Waals surface area contributed by atoms with Gasteiger partial charge >= 0.3 is 0 Å².